The van der Waals surface area contributed by atoms with Crippen LogP contribution in [0.2, 0.25) is 0 Å². The molecule has 2 heterocycles. The number of benzene rings is 2. The van der Waals surface area contributed by atoms with Gasteiger partial charge in [-0.05, 0) is 53.9 Å². The van der Waals surface area contributed by atoms with Crippen molar-refractivity contribution in [3.63, 3.8) is 0 Å². The quantitative estimate of drug-likeness (QED) is 0.378. The summed E-state index contributed by atoms with van der Waals surface area (Å²) in [7, 11) is 1.48. The van der Waals surface area contributed by atoms with Gasteiger partial charge in [-0.2, -0.15) is 14.3 Å². The first-order valence-corrected chi connectivity index (χ1v) is 10.3. The summed E-state index contributed by atoms with van der Waals surface area (Å²) >= 11 is 0. The third kappa shape index (κ3) is 4.84. The number of rotatable bonds is 8. The average molecular weight is 487 g/mol. The Morgan fingerprint density at radius 3 is 2.63 bits per heavy atom. The molecule has 2 aromatic carbocycles. The number of aliphatic imine (C=N–C) groups is 1. The Balaban J connectivity index is 1.85. The van der Waals surface area contributed by atoms with Gasteiger partial charge in [-0.3, -0.25) is 9.78 Å². The lowest BCUT2D eigenvalue weighted by molar-refractivity contribution is -0.132. The number of amidine groups is 1. The summed E-state index contributed by atoms with van der Waals surface area (Å²) in [5, 5.41) is 0. The van der Waals surface area contributed by atoms with E-state index >= 15 is 0 Å². The predicted molar refractivity (Wildman–Crippen MR) is 118 cm³/mol. The zero-order valence-corrected chi connectivity index (χ0v) is 18.6. The van der Waals surface area contributed by atoms with Crippen LogP contribution in [0.1, 0.15) is 16.7 Å². The molecule has 4 rings (SSSR count). The van der Waals surface area contributed by atoms with Crippen molar-refractivity contribution in [1.82, 2.24) is 10.5 Å². The van der Waals surface area contributed by atoms with E-state index in [0.29, 0.717) is 28.0 Å². The Morgan fingerprint density at radius 2 is 1.91 bits per heavy atom. The lowest BCUT2D eigenvalue weighted by Crippen LogP contribution is -2.27. The Morgan fingerprint density at radius 1 is 1.14 bits per heavy atom. The second-order valence-electron chi connectivity index (χ2n) is 7.55. The Labute approximate surface area is 198 Å². The van der Waals surface area contributed by atoms with E-state index in [4.69, 9.17) is 9.47 Å². The number of carbonyl (C=O) groups is 1. The molecule has 182 valence electrons. The van der Waals surface area contributed by atoms with Crippen LogP contribution in [0.4, 0.5) is 13.2 Å². The van der Waals surface area contributed by atoms with Crippen LogP contribution in [0, 0.1) is 12.7 Å². The smallest absolute Gasteiger partial charge is 0.387 e. The van der Waals surface area contributed by atoms with E-state index in [1.165, 1.54) is 31.6 Å². The van der Waals surface area contributed by atoms with E-state index in [2.05, 4.69) is 25.0 Å². The molecule has 0 fully saturated rings. The molecule has 3 aromatic rings. The summed E-state index contributed by atoms with van der Waals surface area (Å²) in [6.07, 6.45) is 3.00. The summed E-state index contributed by atoms with van der Waals surface area (Å²) in [5.74, 6) is -0.0417. The minimum absolute atomic E-state index is 0.00619. The summed E-state index contributed by atoms with van der Waals surface area (Å²) in [6, 6.07) is 10.6. The number of methoxy groups -OCH3 is 1. The van der Waals surface area contributed by atoms with Gasteiger partial charge in [0.25, 0.3) is 0 Å². The van der Waals surface area contributed by atoms with Gasteiger partial charge in [-0.15, -0.1) is 0 Å². The van der Waals surface area contributed by atoms with Gasteiger partial charge in [0.05, 0.1) is 13.3 Å². The van der Waals surface area contributed by atoms with Gasteiger partial charge in [0, 0.05) is 17.3 Å². The van der Waals surface area contributed by atoms with Gasteiger partial charge >= 0.3 is 19.1 Å². The maximum absolute atomic E-state index is 14.9. The molecule has 1 aliphatic heterocycles. The minimum Gasteiger partial charge on any atom is -0.495 e. The molecule has 1 atom stereocenters. The molecule has 0 amide bonds. The lowest BCUT2D eigenvalue weighted by Gasteiger charge is -2.27. The van der Waals surface area contributed by atoms with E-state index in [1.807, 2.05) is 0 Å². The van der Waals surface area contributed by atoms with Crippen molar-refractivity contribution in [2.45, 2.75) is 19.1 Å². The van der Waals surface area contributed by atoms with Gasteiger partial charge in [0.1, 0.15) is 23.9 Å². The molecular weight excluding hydrogens is 467 g/mol. The largest absolute Gasteiger partial charge is 0.495 e. The second kappa shape index (κ2) is 9.92. The first kappa shape index (κ1) is 23.9. The Bertz CT molecular complexity index is 1270. The number of nitrogens with one attached hydrogen (secondary N) is 1. The second-order valence-corrected chi connectivity index (χ2v) is 7.55. The number of alkyl halides is 2. The highest BCUT2D eigenvalue weighted by Gasteiger charge is 2.41. The molecule has 1 N–H and O–H groups in total. The highest BCUT2D eigenvalue weighted by Crippen LogP contribution is 2.41. The van der Waals surface area contributed by atoms with Crippen molar-refractivity contribution < 1.29 is 37.0 Å². The van der Waals surface area contributed by atoms with Crippen molar-refractivity contribution in [2.75, 3.05) is 13.7 Å². The summed E-state index contributed by atoms with van der Waals surface area (Å²) < 4.78 is 55.7. The van der Waals surface area contributed by atoms with E-state index < -0.39 is 18.0 Å². The predicted octanol–water partition coefficient (Wildman–Crippen LogP) is 4.11. The van der Waals surface area contributed by atoms with E-state index in [1.54, 1.807) is 37.3 Å². The molecule has 0 bridgehead atoms. The Kier molecular flexibility index (Phi) is 6.76. The first-order chi connectivity index (χ1) is 16.9. The summed E-state index contributed by atoms with van der Waals surface area (Å²) in [4.78, 5) is 23.8. The number of aryl methyl sites for hydroxylation is 1. The minimum atomic E-state index is -2.98. The first-order valence-electron chi connectivity index (χ1n) is 10.3. The topological polar surface area (TPSA) is 91.3 Å². The molecule has 0 saturated heterocycles. The standard InChI is InChI=1S/C24H20F3N3O5/c1-14-7-16(4-6-21(14)35-22(26)27)24(12-33-23(29-24)30-34-13-31)17-3-5-20(25)19(9-17)15-8-18(32-2)11-28-10-15/h3-11,13,22H,12H2,1-2H3,(H,29,30). The summed E-state index contributed by atoms with van der Waals surface area (Å²) in [6.45, 7) is -1.25. The number of ether oxygens (including phenoxy) is 3. The van der Waals surface area contributed by atoms with Crippen molar-refractivity contribution in [1.29, 1.82) is 0 Å². The average Bonchev–Trinajstić information content (AvgIpc) is 3.29. The maximum Gasteiger partial charge on any atom is 0.387 e. The molecular formula is C24H20F3N3O5. The van der Waals surface area contributed by atoms with Gasteiger partial charge in [-0.25, -0.2) is 9.38 Å². The van der Waals surface area contributed by atoms with Crippen LogP contribution >= 0.6 is 0 Å². The number of carbonyl (C=O) groups excluding carboxylic acids is 1. The third-order valence-electron chi connectivity index (χ3n) is 5.48. The van der Waals surface area contributed by atoms with Crippen LogP contribution < -0.4 is 15.0 Å². The molecule has 0 spiro atoms. The fourth-order valence-electron chi connectivity index (χ4n) is 3.82. The number of hydrogen-bond donors (Lipinski definition) is 1. The molecule has 11 heteroatoms. The molecule has 1 unspecified atom stereocenters. The van der Waals surface area contributed by atoms with Crippen molar-refractivity contribution >= 4 is 12.5 Å². The van der Waals surface area contributed by atoms with Crippen LogP contribution in [0.3, 0.4) is 0 Å². The van der Waals surface area contributed by atoms with E-state index in [0.717, 1.165) is 0 Å². The number of nitrogens with zero attached hydrogens (tertiary/aromatic N) is 2. The van der Waals surface area contributed by atoms with Crippen LogP contribution in [0.15, 0.2) is 59.9 Å². The maximum atomic E-state index is 14.9. The van der Waals surface area contributed by atoms with Gasteiger partial charge < -0.3 is 19.0 Å². The van der Waals surface area contributed by atoms with Crippen LogP contribution in [-0.4, -0.2) is 37.8 Å². The highest BCUT2D eigenvalue weighted by atomic mass is 19.3. The fraction of sp³-hybridized carbons (Fsp3) is 0.208. The molecule has 0 saturated carbocycles. The SMILES string of the molecule is COc1cncc(-c2cc(C3(c4ccc(OC(F)F)c(C)c4)COC(NOC=O)=N3)ccc2F)c1. The Hall–Kier alpha value is -4.28. The number of hydrogen-bond acceptors (Lipinski definition) is 8. The van der Waals surface area contributed by atoms with E-state index in [-0.39, 0.29) is 30.4 Å². The zero-order valence-electron chi connectivity index (χ0n) is 18.6. The van der Waals surface area contributed by atoms with E-state index in [9.17, 15) is 18.0 Å². The van der Waals surface area contributed by atoms with Gasteiger partial charge in [-0.1, -0.05) is 12.1 Å². The fourth-order valence-corrected chi connectivity index (χ4v) is 3.82. The van der Waals surface area contributed by atoms with Gasteiger partial charge in [0.15, 0.2) is 5.54 Å². The molecule has 1 aliphatic rings. The molecule has 1 aromatic heterocycles. The van der Waals surface area contributed by atoms with Gasteiger partial charge in [0.2, 0.25) is 0 Å². The lowest BCUT2D eigenvalue weighted by atomic mass is 9.82. The normalized spacial score (nSPS) is 16.9. The van der Waals surface area contributed by atoms with Crippen LogP contribution in [-0.2, 0) is 19.9 Å². The highest BCUT2D eigenvalue weighted by molar-refractivity contribution is 5.77. The van der Waals surface area contributed by atoms with Crippen molar-refractivity contribution in [2.24, 2.45) is 4.99 Å². The third-order valence-corrected chi connectivity index (χ3v) is 5.48. The zero-order chi connectivity index (χ0) is 25.0. The number of halogens is 3. The van der Waals surface area contributed by atoms with Crippen LogP contribution in [0.5, 0.6) is 11.5 Å². The van der Waals surface area contributed by atoms with Crippen LogP contribution in [0.25, 0.3) is 11.1 Å². The molecule has 8 nitrogen and oxygen atoms in total. The molecule has 0 aliphatic carbocycles. The summed E-state index contributed by atoms with van der Waals surface area (Å²) in [5.41, 5.74) is 3.29. The number of aromatic nitrogens is 1. The van der Waals surface area contributed by atoms with Crippen molar-refractivity contribution in [3.05, 3.63) is 77.4 Å². The molecule has 35 heavy (non-hydrogen) atoms. The monoisotopic (exact) mass is 487 g/mol. The number of hydroxylamine groups is 1. The van der Waals surface area contributed by atoms with Crippen molar-refractivity contribution in [3.8, 4) is 22.6 Å². The number of pyridine rings is 1. The molecule has 0 radical (unpaired) electrons.